The van der Waals surface area contributed by atoms with Crippen LogP contribution in [0.2, 0.25) is 0 Å². The molecule has 0 unspecified atom stereocenters. The summed E-state index contributed by atoms with van der Waals surface area (Å²) in [4.78, 5) is 14.8. The first-order valence-corrected chi connectivity index (χ1v) is 9.31. The van der Waals surface area contributed by atoms with Gasteiger partial charge in [-0.15, -0.1) is 0 Å². The molecule has 1 aromatic carbocycles. The molecule has 1 amide bonds. The fraction of sp³-hybridized carbons (Fsp3) is 0.500. The van der Waals surface area contributed by atoms with E-state index >= 15 is 0 Å². The van der Waals surface area contributed by atoms with Crippen molar-refractivity contribution in [2.75, 3.05) is 6.54 Å². The first kappa shape index (κ1) is 16.3. The van der Waals surface area contributed by atoms with Crippen molar-refractivity contribution >= 4 is 5.91 Å². The molecule has 25 heavy (non-hydrogen) atoms. The fourth-order valence-corrected chi connectivity index (χ4v) is 4.39. The number of amides is 1. The molecule has 2 heterocycles. The molecule has 1 saturated heterocycles. The average Bonchev–Trinajstić information content (AvgIpc) is 3.36. The van der Waals surface area contributed by atoms with E-state index in [1.807, 2.05) is 11.0 Å². The highest BCUT2D eigenvalue weighted by Gasteiger charge is 2.34. The Labute approximate surface area is 147 Å². The van der Waals surface area contributed by atoms with Crippen LogP contribution in [0.3, 0.4) is 0 Å². The summed E-state index contributed by atoms with van der Waals surface area (Å²) in [5, 5.41) is 7.19. The van der Waals surface area contributed by atoms with Crippen molar-refractivity contribution in [1.29, 1.82) is 0 Å². The lowest BCUT2D eigenvalue weighted by molar-refractivity contribution is -0.133. The van der Waals surface area contributed by atoms with Crippen LogP contribution in [0.5, 0.6) is 0 Å². The van der Waals surface area contributed by atoms with Gasteiger partial charge in [0.15, 0.2) is 0 Å². The van der Waals surface area contributed by atoms with Gasteiger partial charge in [-0.3, -0.25) is 9.89 Å². The summed E-state index contributed by atoms with van der Waals surface area (Å²) in [6.07, 6.45) is 9.06. The number of hydrogen-bond donors (Lipinski definition) is 1. The van der Waals surface area contributed by atoms with Crippen molar-refractivity contribution in [3.63, 3.8) is 0 Å². The minimum atomic E-state index is -0.257. The summed E-state index contributed by atoms with van der Waals surface area (Å²) in [7, 11) is 0. The third-order valence-electron chi connectivity index (χ3n) is 5.68. The summed E-state index contributed by atoms with van der Waals surface area (Å²) in [6.45, 7) is 0.784. The molecule has 2 fully saturated rings. The third-order valence-corrected chi connectivity index (χ3v) is 5.68. The lowest BCUT2D eigenvalue weighted by Gasteiger charge is -2.26. The monoisotopic (exact) mass is 341 g/mol. The Morgan fingerprint density at radius 1 is 1.16 bits per heavy atom. The lowest BCUT2D eigenvalue weighted by Crippen LogP contribution is -2.32. The van der Waals surface area contributed by atoms with Gasteiger partial charge in [-0.2, -0.15) is 5.10 Å². The number of H-pyrrole nitrogens is 1. The Morgan fingerprint density at radius 3 is 2.76 bits per heavy atom. The molecule has 1 aliphatic carbocycles. The van der Waals surface area contributed by atoms with E-state index in [0.717, 1.165) is 30.6 Å². The Bertz CT molecular complexity index is 751. The van der Waals surface area contributed by atoms with Gasteiger partial charge in [0, 0.05) is 24.1 Å². The van der Waals surface area contributed by atoms with E-state index in [1.165, 1.54) is 31.7 Å². The van der Waals surface area contributed by atoms with Crippen LogP contribution in [0.4, 0.5) is 4.39 Å². The molecule has 0 spiro atoms. The van der Waals surface area contributed by atoms with E-state index in [2.05, 4.69) is 10.2 Å². The average molecular weight is 341 g/mol. The zero-order valence-electron chi connectivity index (χ0n) is 14.4. The summed E-state index contributed by atoms with van der Waals surface area (Å²) in [5.41, 5.74) is 2.17. The van der Waals surface area contributed by atoms with Gasteiger partial charge in [-0.05, 0) is 37.7 Å². The maximum absolute atomic E-state index is 14.2. The van der Waals surface area contributed by atoms with E-state index in [4.69, 9.17) is 0 Å². The van der Waals surface area contributed by atoms with Crippen LogP contribution in [-0.4, -0.2) is 27.5 Å². The number of halogens is 1. The number of benzene rings is 1. The smallest absolute Gasteiger partial charge is 0.223 e. The molecule has 2 aliphatic rings. The van der Waals surface area contributed by atoms with E-state index < -0.39 is 0 Å². The Morgan fingerprint density at radius 2 is 1.96 bits per heavy atom. The number of hydrogen-bond acceptors (Lipinski definition) is 2. The van der Waals surface area contributed by atoms with Gasteiger partial charge in [0.2, 0.25) is 5.91 Å². The van der Waals surface area contributed by atoms with Crippen LogP contribution in [0, 0.1) is 11.7 Å². The number of rotatable bonds is 4. The van der Waals surface area contributed by atoms with Gasteiger partial charge in [0.05, 0.1) is 17.9 Å². The highest BCUT2D eigenvalue weighted by Crippen LogP contribution is 2.38. The number of nitrogens with one attached hydrogen (secondary N) is 1. The number of aromatic nitrogens is 2. The molecule has 1 aromatic heterocycles. The molecule has 1 atom stereocenters. The van der Waals surface area contributed by atoms with Crippen LogP contribution in [0.1, 0.15) is 56.7 Å². The van der Waals surface area contributed by atoms with Gasteiger partial charge in [-0.1, -0.05) is 31.0 Å². The molecular formula is C20H24FN3O. The molecule has 132 valence electrons. The highest BCUT2D eigenvalue weighted by molar-refractivity contribution is 5.78. The quantitative estimate of drug-likeness (QED) is 0.892. The van der Waals surface area contributed by atoms with Gasteiger partial charge >= 0.3 is 0 Å². The van der Waals surface area contributed by atoms with Gasteiger partial charge in [0.25, 0.3) is 0 Å². The van der Waals surface area contributed by atoms with Crippen LogP contribution in [-0.2, 0) is 4.79 Å². The van der Waals surface area contributed by atoms with E-state index in [9.17, 15) is 9.18 Å². The highest BCUT2D eigenvalue weighted by atomic mass is 19.1. The zero-order valence-corrected chi connectivity index (χ0v) is 14.4. The Hall–Kier alpha value is -2.17. The number of nitrogens with zero attached hydrogens (tertiary/aromatic N) is 2. The number of carbonyl (C=O) groups is 1. The standard InChI is InChI=1S/C20H24FN3O/c21-17-9-4-3-8-15(17)16-13-22-23-20(16)18-10-5-11-24(18)19(25)12-14-6-1-2-7-14/h3-4,8-9,13-14,18H,1-2,5-7,10-12H2,(H,22,23)/t18-/m1/s1. The molecule has 4 rings (SSSR count). The molecule has 1 saturated carbocycles. The Balaban J connectivity index is 1.58. The van der Waals surface area contributed by atoms with Gasteiger partial charge < -0.3 is 4.90 Å². The first-order valence-electron chi connectivity index (χ1n) is 9.31. The summed E-state index contributed by atoms with van der Waals surface area (Å²) in [5.74, 6) is 0.525. The van der Waals surface area contributed by atoms with E-state index in [1.54, 1.807) is 18.3 Å². The summed E-state index contributed by atoms with van der Waals surface area (Å²) >= 11 is 0. The predicted molar refractivity (Wildman–Crippen MR) is 94.2 cm³/mol. The van der Waals surface area contributed by atoms with Crippen LogP contribution < -0.4 is 0 Å². The van der Waals surface area contributed by atoms with Crippen molar-refractivity contribution in [1.82, 2.24) is 15.1 Å². The second-order valence-corrected chi connectivity index (χ2v) is 7.28. The van der Waals surface area contributed by atoms with Crippen molar-refractivity contribution in [3.8, 4) is 11.1 Å². The minimum absolute atomic E-state index is 0.0222. The number of carbonyl (C=O) groups excluding carboxylic acids is 1. The van der Waals surface area contributed by atoms with E-state index in [-0.39, 0.29) is 17.8 Å². The SMILES string of the molecule is O=C(CC1CCCC1)N1CCC[C@@H]1c1[nH]ncc1-c1ccccc1F. The molecule has 2 aromatic rings. The summed E-state index contributed by atoms with van der Waals surface area (Å²) < 4.78 is 14.2. The van der Waals surface area contributed by atoms with Crippen molar-refractivity contribution in [3.05, 3.63) is 42.0 Å². The minimum Gasteiger partial charge on any atom is -0.334 e. The first-order chi connectivity index (χ1) is 12.2. The predicted octanol–water partition coefficient (Wildman–Crippen LogP) is 4.46. The summed E-state index contributed by atoms with van der Waals surface area (Å²) in [6, 6.07) is 6.72. The molecule has 1 N–H and O–H groups in total. The second kappa shape index (κ2) is 6.98. The van der Waals surface area contributed by atoms with E-state index in [0.29, 0.717) is 17.9 Å². The molecule has 4 nitrogen and oxygen atoms in total. The molecule has 1 aliphatic heterocycles. The number of aromatic amines is 1. The van der Waals surface area contributed by atoms with Crippen LogP contribution >= 0.6 is 0 Å². The third kappa shape index (κ3) is 3.20. The van der Waals surface area contributed by atoms with Crippen molar-refractivity contribution in [2.45, 2.75) is 51.0 Å². The second-order valence-electron chi connectivity index (χ2n) is 7.28. The Kier molecular flexibility index (Phi) is 4.55. The maximum Gasteiger partial charge on any atom is 0.223 e. The van der Waals surface area contributed by atoms with Crippen LogP contribution in [0.15, 0.2) is 30.5 Å². The normalized spacial score (nSPS) is 21.2. The van der Waals surface area contributed by atoms with Gasteiger partial charge in [0.1, 0.15) is 5.82 Å². The van der Waals surface area contributed by atoms with Crippen molar-refractivity contribution < 1.29 is 9.18 Å². The lowest BCUT2D eigenvalue weighted by atomic mass is 9.99. The topological polar surface area (TPSA) is 49.0 Å². The zero-order chi connectivity index (χ0) is 17.2. The van der Waals surface area contributed by atoms with Gasteiger partial charge in [-0.25, -0.2) is 4.39 Å². The molecule has 0 radical (unpaired) electrons. The molecule has 5 heteroatoms. The van der Waals surface area contributed by atoms with Crippen LogP contribution in [0.25, 0.3) is 11.1 Å². The number of likely N-dealkylation sites (tertiary alicyclic amines) is 1. The maximum atomic E-state index is 14.2. The fourth-order valence-electron chi connectivity index (χ4n) is 4.39. The molecule has 0 bridgehead atoms. The van der Waals surface area contributed by atoms with Crippen molar-refractivity contribution in [2.24, 2.45) is 5.92 Å². The largest absolute Gasteiger partial charge is 0.334 e. The molecular weight excluding hydrogens is 317 g/mol.